The van der Waals surface area contributed by atoms with Gasteiger partial charge in [-0.15, -0.1) is 0 Å². The highest BCUT2D eigenvalue weighted by molar-refractivity contribution is 6.13. The summed E-state index contributed by atoms with van der Waals surface area (Å²) in [5.74, 6) is -1.17. The maximum atomic E-state index is 11.9. The Labute approximate surface area is 116 Å². The van der Waals surface area contributed by atoms with Crippen LogP contribution in [0.2, 0.25) is 0 Å². The third-order valence-electron chi connectivity index (χ3n) is 2.93. The van der Waals surface area contributed by atoms with Crippen LogP contribution in [0.1, 0.15) is 20.7 Å². The van der Waals surface area contributed by atoms with Gasteiger partial charge in [0, 0.05) is 11.1 Å². The molecule has 0 aliphatic carbocycles. The first kappa shape index (κ1) is 14.1. The van der Waals surface area contributed by atoms with Crippen LogP contribution in [-0.4, -0.2) is 35.0 Å². The van der Waals surface area contributed by atoms with Crippen LogP contribution < -0.4 is 0 Å². The van der Waals surface area contributed by atoms with Crippen molar-refractivity contribution < 1.29 is 19.8 Å². The zero-order valence-electron chi connectivity index (χ0n) is 10.7. The molecule has 2 aromatic rings. The van der Waals surface area contributed by atoms with E-state index in [9.17, 15) is 9.59 Å². The lowest BCUT2D eigenvalue weighted by Crippen LogP contribution is -2.15. The van der Waals surface area contributed by atoms with Gasteiger partial charge in [-0.05, 0) is 17.2 Å². The van der Waals surface area contributed by atoms with Crippen molar-refractivity contribution in [2.75, 3.05) is 13.2 Å². The van der Waals surface area contributed by atoms with Crippen LogP contribution in [0.15, 0.2) is 42.5 Å². The van der Waals surface area contributed by atoms with Crippen molar-refractivity contribution in [3.8, 4) is 11.1 Å². The molecule has 4 heteroatoms. The average molecular weight is 269 g/mol. The summed E-state index contributed by atoms with van der Waals surface area (Å²) < 4.78 is 0. The maximum Gasteiger partial charge on any atom is 0.189 e. The summed E-state index contributed by atoms with van der Waals surface area (Å²) in [4.78, 5) is 23.7. The quantitative estimate of drug-likeness (QED) is 0.807. The number of benzene rings is 2. The van der Waals surface area contributed by atoms with Crippen LogP contribution in [0, 0.1) is 6.07 Å². The standard InChI is InChI=1S/C16H13O4/c17-9-14(19)13-8-4-7-12(16(13)15(20)10-18)11-5-2-1-3-6-11/h1-7,17-18H,9-10H2. The van der Waals surface area contributed by atoms with Crippen LogP contribution in [0.3, 0.4) is 0 Å². The Bertz CT molecular complexity index is 632. The van der Waals surface area contributed by atoms with E-state index in [4.69, 9.17) is 10.2 Å². The lowest BCUT2D eigenvalue weighted by molar-refractivity contribution is 0.0871. The van der Waals surface area contributed by atoms with Gasteiger partial charge in [-0.3, -0.25) is 9.59 Å². The second-order valence-electron chi connectivity index (χ2n) is 4.17. The molecule has 0 atom stereocenters. The Balaban J connectivity index is 2.69. The predicted molar refractivity (Wildman–Crippen MR) is 73.5 cm³/mol. The van der Waals surface area contributed by atoms with Gasteiger partial charge in [-0.25, -0.2) is 0 Å². The Morgan fingerprint density at radius 2 is 1.60 bits per heavy atom. The van der Waals surface area contributed by atoms with E-state index in [1.807, 2.05) is 18.2 Å². The van der Waals surface area contributed by atoms with E-state index in [1.54, 1.807) is 18.2 Å². The van der Waals surface area contributed by atoms with Gasteiger partial charge < -0.3 is 10.2 Å². The van der Waals surface area contributed by atoms with Crippen LogP contribution in [0.4, 0.5) is 0 Å². The third kappa shape index (κ3) is 2.66. The molecule has 0 aliphatic rings. The molecule has 0 saturated heterocycles. The van der Waals surface area contributed by atoms with Gasteiger partial charge in [0.05, 0.1) is 0 Å². The molecule has 4 nitrogen and oxygen atoms in total. The van der Waals surface area contributed by atoms with Crippen LogP contribution >= 0.6 is 0 Å². The molecule has 0 aliphatic heterocycles. The largest absolute Gasteiger partial charge is 0.388 e. The number of hydrogen-bond donors (Lipinski definition) is 2. The number of ketones is 2. The molecule has 0 amide bonds. The first-order valence-electron chi connectivity index (χ1n) is 6.07. The van der Waals surface area contributed by atoms with Gasteiger partial charge in [0.15, 0.2) is 11.6 Å². The van der Waals surface area contributed by atoms with Gasteiger partial charge in [0.1, 0.15) is 13.2 Å². The van der Waals surface area contributed by atoms with E-state index in [-0.39, 0.29) is 11.1 Å². The Morgan fingerprint density at radius 1 is 0.950 bits per heavy atom. The Hall–Kier alpha value is -2.30. The van der Waals surface area contributed by atoms with E-state index >= 15 is 0 Å². The number of Topliss-reactive ketones (excluding diaryl/α,β-unsaturated/α-hetero) is 2. The van der Waals surface area contributed by atoms with Crippen molar-refractivity contribution in [3.63, 3.8) is 0 Å². The normalized spacial score (nSPS) is 10.3. The molecule has 2 aromatic carbocycles. The fourth-order valence-electron chi connectivity index (χ4n) is 2.02. The Morgan fingerprint density at radius 3 is 2.20 bits per heavy atom. The maximum absolute atomic E-state index is 11.9. The minimum Gasteiger partial charge on any atom is -0.388 e. The van der Waals surface area contributed by atoms with Crippen molar-refractivity contribution in [2.45, 2.75) is 0 Å². The Kier molecular flexibility index (Phi) is 4.40. The van der Waals surface area contributed by atoms with Crippen LogP contribution in [0.5, 0.6) is 0 Å². The molecule has 0 heterocycles. The van der Waals surface area contributed by atoms with Crippen molar-refractivity contribution >= 4 is 11.6 Å². The summed E-state index contributed by atoms with van der Waals surface area (Å²) in [5, 5.41) is 18.1. The highest BCUT2D eigenvalue weighted by atomic mass is 16.3. The second-order valence-corrected chi connectivity index (χ2v) is 4.17. The van der Waals surface area contributed by atoms with E-state index in [2.05, 4.69) is 6.07 Å². The minimum atomic E-state index is -0.708. The van der Waals surface area contributed by atoms with Gasteiger partial charge >= 0.3 is 0 Å². The molecule has 0 bridgehead atoms. The number of carbonyl (C=O) groups excluding carboxylic acids is 2. The molecule has 0 saturated carbocycles. The fraction of sp³-hybridized carbons (Fsp3) is 0.125. The number of aliphatic hydroxyl groups excluding tert-OH is 2. The molecule has 0 aromatic heterocycles. The topological polar surface area (TPSA) is 74.6 Å². The van der Waals surface area contributed by atoms with Gasteiger partial charge in [-0.2, -0.15) is 0 Å². The number of aliphatic hydroxyl groups is 2. The zero-order chi connectivity index (χ0) is 14.5. The lowest BCUT2D eigenvalue weighted by atomic mass is 9.91. The van der Waals surface area contributed by atoms with Crippen molar-refractivity contribution in [1.82, 2.24) is 0 Å². The van der Waals surface area contributed by atoms with Gasteiger partial charge in [0.25, 0.3) is 0 Å². The molecule has 2 N–H and O–H groups in total. The van der Waals surface area contributed by atoms with Gasteiger partial charge in [0.2, 0.25) is 0 Å². The first-order chi connectivity index (χ1) is 9.69. The molecule has 1 radical (unpaired) electrons. The molecule has 0 fully saturated rings. The van der Waals surface area contributed by atoms with Crippen LogP contribution in [0.25, 0.3) is 11.1 Å². The molecule has 101 valence electrons. The average Bonchev–Trinajstić information content (AvgIpc) is 2.53. The second kappa shape index (κ2) is 6.23. The van der Waals surface area contributed by atoms with E-state index in [1.165, 1.54) is 6.07 Å². The zero-order valence-corrected chi connectivity index (χ0v) is 10.7. The smallest absolute Gasteiger partial charge is 0.189 e. The number of hydrogen-bond acceptors (Lipinski definition) is 4. The summed E-state index contributed by atoms with van der Waals surface area (Å²) >= 11 is 0. The number of carbonyl (C=O) groups is 2. The summed E-state index contributed by atoms with van der Waals surface area (Å²) in [7, 11) is 0. The first-order valence-corrected chi connectivity index (χ1v) is 6.07. The van der Waals surface area contributed by atoms with E-state index < -0.39 is 24.8 Å². The summed E-state index contributed by atoms with van der Waals surface area (Å²) in [6.45, 7) is -1.41. The van der Waals surface area contributed by atoms with Crippen LogP contribution in [-0.2, 0) is 0 Å². The molecule has 20 heavy (non-hydrogen) atoms. The molecule has 0 unspecified atom stereocenters. The molecular formula is C16H13O4. The van der Waals surface area contributed by atoms with Gasteiger partial charge in [-0.1, -0.05) is 42.5 Å². The monoisotopic (exact) mass is 269 g/mol. The highest BCUT2D eigenvalue weighted by Gasteiger charge is 2.20. The summed E-state index contributed by atoms with van der Waals surface area (Å²) in [5.41, 5.74) is 1.40. The van der Waals surface area contributed by atoms with Crippen molar-refractivity contribution in [2.24, 2.45) is 0 Å². The van der Waals surface area contributed by atoms with E-state index in [0.717, 1.165) is 5.56 Å². The number of rotatable bonds is 5. The molecule has 2 rings (SSSR count). The fourth-order valence-corrected chi connectivity index (χ4v) is 2.02. The van der Waals surface area contributed by atoms with E-state index in [0.29, 0.717) is 5.56 Å². The lowest BCUT2D eigenvalue weighted by Gasteiger charge is -2.12. The summed E-state index contributed by atoms with van der Waals surface area (Å²) in [6.07, 6.45) is 0. The predicted octanol–water partition coefficient (Wildman–Crippen LogP) is 1.50. The SMILES string of the molecule is O=C(CO)c1[c]ccc(-c2ccccc2)c1C(=O)CO. The highest BCUT2D eigenvalue weighted by Crippen LogP contribution is 2.26. The minimum absolute atomic E-state index is 0.00732. The molecule has 0 spiro atoms. The summed E-state index contributed by atoms with van der Waals surface area (Å²) in [6, 6.07) is 14.9. The third-order valence-corrected chi connectivity index (χ3v) is 2.93. The molecular weight excluding hydrogens is 256 g/mol. The van der Waals surface area contributed by atoms with Crippen molar-refractivity contribution in [1.29, 1.82) is 0 Å². The van der Waals surface area contributed by atoms with Crippen molar-refractivity contribution in [3.05, 3.63) is 59.7 Å².